The zero-order valence-corrected chi connectivity index (χ0v) is 14.6. The first-order valence-corrected chi connectivity index (χ1v) is 8.33. The molecule has 0 saturated heterocycles. The second-order valence-corrected chi connectivity index (χ2v) is 7.26. The van der Waals surface area contributed by atoms with Gasteiger partial charge in [-0.15, -0.1) is 11.3 Å². The van der Waals surface area contributed by atoms with E-state index in [4.69, 9.17) is 0 Å². The van der Waals surface area contributed by atoms with Gasteiger partial charge in [-0.25, -0.2) is 15.0 Å². The smallest absolute Gasteiger partial charge is 0.324 e. The van der Waals surface area contributed by atoms with E-state index in [0.29, 0.717) is 5.69 Å². The van der Waals surface area contributed by atoms with Gasteiger partial charge >= 0.3 is 6.18 Å². The molecule has 24 heavy (non-hydrogen) atoms. The van der Waals surface area contributed by atoms with Crippen LogP contribution in [-0.4, -0.2) is 15.0 Å². The van der Waals surface area contributed by atoms with Gasteiger partial charge in [-0.3, -0.25) is 0 Å². The SMILES string of the molecule is Cc1cc(Nc2nccc(C(F)(F)F)n2)cc(-c2cnc(Br)s2)c1. The summed E-state index contributed by atoms with van der Waals surface area (Å²) in [5, 5.41) is 2.82. The van der Waals surface area contributed by atoms with E-state index in [0.717, 1.165) is 32.2 Å². The van der Waals surface area contributed by atoms with E-state index in [9.17, 15) is 13.2 Å². The molecule has 0 fully saturated rings. The lowest BCUT2D eigenvalue weighted by Gasteiger charge is -2.10. The van der Waals surface area contributed by atoms with Gasteiger partial charge in [0.15, 0.2) is 3.92 Å². The topological polar surface area (TPSA) is 50.7 Å². The average molecular weight is 415 g/mol. The van der Waals surface area contributed by atoms with Crippen LogP contribution in [0.1, 0.15) is 11.3 Å². The highest BCUT2D eigenvalue weighted by Crippen LogP contribution is 2.32. The molecule has 1 N–H and O–H groups in total. The summed E-state index contributed by atoms with van der Waals surface area (Å²) in [5.74, 6) is -0.105. The fraction of sp³-hybridized carbons (Fsp3) is 0.133. The molecule has 2 heterocycles. The first-order chi connectivity index (χ1) is 11.3. The van der Waals surface area contributed by atoms with Crippen molar-refractivity contribution in [3.05, 3.63) is 51.8 Å². The zero-order chi connectivity index (χ0) is 17.3. The van der Waals surface area contributed by atoms with Crippen LogP contribution in [0.25, 0.3) is 10.4 Å². The zero-order valence-electron chi connectivity index (χ0n) is 12.2. The Kier molecular flexibility index (Phi) is 4.55. The molecule has 0 saturated carbocycles. The van der Waals surface area contributed by atoms with Crippen molar-refractivity contribution < 1.29 is 13.2 Å². The van der Waals surface area contributed by atoms with Gasteiger partial charge in [0.2, 0.25) is 5.95 Å². The van der Waals surface area contributed by atoms with Crippen molar-refractivity contribution in [2.45, 2.75) is 13.1 Å². The molecule has 3 aromatic rings. The van der Waals surface area contributed by atoms with Crippen LogP contribution in [0.5, 0.6) is 0 Å². The Bertz CT molecular complexity index is 879. The lowest BCUT2D eigenvalue weighted by molar-refractivity contribution is -0.141. The second-order valence-electron chi connectivity index (χ2n) is 4.95. The third kappa shape index (κ3) is 3.90. The largest absolute Gasteiger partial charge is 0.433 e. The van der Waals surface area contributed by atoms with Crippen molar-refractivity contribution in [3.63, 3.8) is 0 Å². The number of benzene rings is 1. The van der Waals surface area contributed by atoms with Crippen molar-refractivity contribution in [1.82, 2.24) is 15.0 Å². The fourth-order valence-electron chi connectivity index (χ4n) is 2.09. The van der Waals surface area contributed by atoms with E-state index >= 15 is 0 Å². The van der Waals surface area contributed by atoms with Gasteiger partial charge in [0.1, 0.15) is 5.69 Å². The Morgan fingerprint density at radius 3 is 2.62 bits per heavy atom. The molecule has 3 rings (SSSR count). The molecule has 4 nitrogen and oxygen atoms in total. The van der Waals surface area contributed by atoms with E-state index in [1.165, 1.54) is 11.3 Å². The lowest BCUT2D eigenvalue weighted by Crippen LogP contribution is -2.10. The molecule has 124 valence electrons. The number of anilines is 2. The number of rotatable bonds is 3. The second kappa shape index (κ2) is 6.48. The standard InChI is InChI=1S/C15H10BrF3N4S/c1-8-4-9(11-7-21-13(16)24-11)6-10(5-8)22-14-20-3-2-12(23-14)15(17,18)19/h2-7H,1H3,(H,20,22,23). The van der Waals surface area contributed by atoms with Crippen LogP contribution in [0.3, 0.4) is 0 Å². The van der Waals surface area contributed by atoms with Crippen LogP contribution in [0.2, 0.25) is 0 Å². The molecule has 1 aromatic carbocycles. The van der Waals surface area contributed by atoms with Crippen LogP contribution >= 0.6 is 27.3 Å². The number of alkyl halides is 3. The van der Waals surface area contributed by atoms with Crippen LogP contribution < -0.4 is 5.32 Å². The molecule has 9 heteroatoms. The first kappa shape index (κ1) is 16.8. The Labute approximate surface area is 147 Å². The molecule has 0 atom stereocenters. The summed E-state index contributed by atoms with van der Waals surface area (Å²) >= 11 is 4.78. The van der Waals surface area contributed by atoms with E-state index in [2.05, 4.69) is 36.2 Å². The lowest BCUT2D eigenvalue weighted by atomic mass is 10.1. The molecule has 0 spiro atoms. The first-order valence-electron chi connectivity index (χ1n) is 6.72. The molecule has 0 bridgehead atoms. The highest BCUT2D eigenvalue weighted by molar-refractivity contribution is 9.11. The summed E-state index contributed by atoms with van der Waals surface area (Å²) < 4.78 is 39.0. The molecule has 0 radical (unpaired) electrons. The minimum atomic E-state index is -4.51. The molecular weight excluding hydrogens is 405 g/mol. The summed E-state index contributed by atoms with van der Waals surface area (Å²) in [6.45, 7) is 1.90. The number of hydrogen-bond acceptors (Lipinski definition) is 5. The van der Waals surface area contributed by atoms with Gasteiger partial charge < -0.3 is 5.32 Å². The number of aryl methyl sites for hydroxylation is 1. The van der Waals surface area contributed by atoms with Crippen LogP contribution in [-0.2, 0) is 6.18 Å². The Balaban J connectivity index is 1.92. The summed E-state index contributed by atoms with van der Waals surface area (Å²) in [5.41, 5.74) is 1.48. The van der Waals surface area contributed by atoms with Gasteiger partial charge in [-0.1, -0.05) is 6.07 Å². The average Bonchev–Trinajstić information content (AvgIpc) is 2.93. The number of thiazole rings is 1. The number of halogens is 4. The fourth-order valence-corrected chi connectivity index (χ4v) is 3.34. The van der Waals surface area contributed by atoms with Crippen LogP contribution in [0.4, 0.5) is 24.8 Å². The van der Waals surface area contributed by atoms with E-state index in [-0.39, 0.29) is 5.95 Å². The maximum absolute atomic E-state index is 12.7. The number of nitrogens with zero attached hydrogens (tertiary/aromatic N) is 3. The van der Waals surface area contributed by atoms with E-state index in [1.807, 2.05) is 25.1 Å². The third-order valence-corrected chi connectivity index (χ3v) is 4.57. The van der Waals surface area contributed by atoms with Crippen molar-refractivity contribution in [1.29, 1.82) is 0 Å². The third-order valence-electron chi connectivity index (χ3n) is 3.04. The van der Waals surface area contributed by atoms with Crippen molar-refractivity contribution in [2.24, 2.45) is 0 Å². The molecule has 0 aliphatic heterocycles. The summed E-state index contributed by atoms with van der Waals surface area (Å²) in [4.78, 5) is 12.4. The predicted molar refractivity (Wildman–Crippen MR) is 90.3 cm³/mol. The number of aromatic nitrogens is 3. The molecule has 0 amide bonds. The normalized spacial score (nSPS) is 11.5. The van der Waals surface area contributed by atoms with Gasteiger partial charge in [0.25, 0.3) is 0 Å². The highest BCUT2D eigenvalue weighted by Gasteiger charge is 2.32. The highest BCUT2D eigenvalue weighted by atomic mass is 79.9. The van der Waals surface area contributed by atoms with Gasteiger partial charge in [0, 0.05) is 18.1 Å². The van der Waals surface area contributed by atoms with Gasteiger partial charge in [-0.05, 0) is 52.2 Å². The minimum Gasteiger partial charge on any atom is -0.324 e. The molecule has 0 aliphatic rings. The monoisotopic (exact) mass is 414 g/mol. The van der Waals surface area contributed by atoms with Crippen molar-refractivity contribution >= 4 is 38.9 Å². The van der Waals surface area contributed by atoms with Crippen molar-refractivity contribution in [2.75, 3.05) is 5.32 Å². The predicted octanol–water partition coefficient (Wildman–Crippen LogP) is 5.43. The van der Waals surface area contributed by atoms with Gasteiger partial charge in [-0.2, -0.15) is 13.2 Å². The summed E-state index contributed by atoms with van der Waals surface area (Å²) in [6.07, 6.45) is -1.70. The van der Waals surface area contributed by atoms with Crippen LogP contribution in [0, 0.1) is 6.92 Å². The van der Waals surface area contributed by atoms with Crippen molar-refractivity contribution in [3.8, 4) is 10.4 Å². The molecule has 0 unspecified atom stereocenters. The Morgan fingerprint density at radius 1 is 1.17 bits per heavy atom. The Morgan fingerprint density at radius 2 is 1.96 bits per heavy atom. The molecular formula is C15H10BrF3N4S. The number of hydrogen-bond donors (Lipinski definition) is 1. The maximum Gasteiger partial charge on any atom is 0.433 e. The maximum atomic E-state index is 12.7. The van der Waals surface area contributed by atoms with Gasteiger partial charge in [0.05, 0.1) is 4.88 Å². The summed E-state index contributed by atoms with van der Waals surface area (Å²) in [7, 11) is 0. The van der Waals surface area contributed by atoms with Crippen LogP contribution in [0.15, 0.2) is 40.6 Å². The molecule has 2 aromatic heterocycles. The molecule has 0 aliphatic carbocycles. The number of nitrogens with one attached hydrogen (secondary N) is 1. The Hall–Kier alpha value is -2.00. The quantitative estimate of drug-likeness (QED) is 0.620. The van der Waals surface area contributed by atoms with E-state index in [1.54, 1.807) is 6.20 Å². The summed E-state index contributed by atoms with van der Waals surface area (Å²) in [6, 6.07) is 6.43. The van der Waals surface area contributed by atoms with E-state index < -0.39 is 11.9 Å². The minimum absolute atomic E-state index is 0.105.